The summed E-state index contributed by atoms with van der Waals surface area (Å²) in [5.41, 5.74) is 0. The Morgan fingerprint density at radius 1 is 1.40 bits per heavy atom. The monoisotopic (exact) mass is 408 g/mol. The maximum Gasteiger partial charge on any atom is 0.246 e. The van der Waals surface area contributed by atoms with Crippen LogP contribution in [0.1, 0.15) is 12.8 Å². The average molecular weight is 409 g/mol. The second-order valence-corrected chi connectivity index (χ2v) is 9.78. The fourth-order valence-corrected chi connectivity index (χ4v) is 5.25. The molecule has 1 aromatic carbocycles. The van der Waals surface area contributed by atoms with Gasteiger partial charge in [-0.3, -0.25) is 0 Å². The van der Waals surface area contributed by atoms with Crippen molar-refractivity contribution in [2.45, 2.75) is 17.7 Å². The molecule has 1 saturated heterocycles. The van der Waals surface area contributed by atoms with Gasteiger partial charge in [0.05, 0.1) is 7.11 Å². The largest absolute Gasteiger partial charge is 0.495 e. The fourth-order valence-electron chi connectivity index (χ4n) is 2.70. The van der Waals surface area contributed by atoms with Crippen molar-refractivity contribution < 1.29 is 21.6 Å². The van der Waals surface area contributed by atoms with E-state index in [-0.39, 0.29) is 29.7 Å². The number of nitrogens with zero attached hydrogens (tertiary/aromatic N) is 1. The lowest BCUT2D eigenvalue weighted by atomic mass is 10.0. The Morgan fingerprint density at radius 3 is 2.76 bits per heavy atom. The van der Waals surface area contributed by atoms with Crippen LogP contribution in [0.5, 0.6) is 5.75 Å². The van der Waals surface area contributed by atoms with Crippen LogP contribution in [0.2, 0.25) is 5.02 Å². The van der Waals surface area contributed by atoms with Crippen molar-refractivity contribution in [1.29, 1.82) is 0 Å². The highest BCUT2D eigenvalue weighted by molar-refractivity contribution is 7.92. The molecular weight excluding hydrogens is 388 g/mol. The second kappa shape index (κ2) is 8.05. The van der Waals surface area contributed by atoms with E-state index >= 15 is 0 Å². The molecule has 10 heteroatoms. The summed E-state index contributed by atoms with van der Waals surface area (Å²) in [6, 6.07) is 4.43. The molecule has 0 unspecified atom stereocenters. The molecule has 1 aliphatic rings. The van der Waals surface area contributed by atoms with Crippen LogP contribution in [0, 0.1) is 5.92 Å². The molecule has 2 rings (SSSR count). The predicted molar refractivity (Wildman–Crippen MR) is 96.6 cm³/mol. The number of rotatable bonds is 7. The summed E-state index contributed by atoms with van der Waals surface area (Å²) in [4.78, 5) is 0.00909. The number of benzene rings is 1. The number of nitrogens with one attached hydrogen (secondary N) is 1. The number of hydrogen-bond donors (Lipinski definition) is 1. The number of sulfonamides is 2. The molecule has 0 aliphatic carbocycles. The minimum atomic E-state index is -3.79. The second-order valence-electron chi connectivity index (χ2n) is 5.73. The third kappa shape index (κ3) is 4.95. The van der Waals surface area contributed by atoms with Crippen molar-refractivity contribution in [3.05, 3.63) is 35.2 Å². The maximum atomic E-state index is 13.0. The van der Waals surface area contributed by atoms with Gasteiger partial charge in [-0.25, -0.2) is 21.6 Å². The van der Waals surface area contributed by atoms with E-state index in [2.05, 4.69) is 11.3 Å². The van der Waals surface area contributed by atoms with Crippen molar-refractivity contribution in [1.82, 2.24) is 9.03 Å². The number of ether oxygens (including phenoxy) is 1. The number of hydrogen-bond acceptors (Lipinski definition) is 5. The summed E-state index contributed by atoms with van der Waals surface area (Å²) < 4.78 is 57.7. The van der Waals surface area contributed by atoms with Crippen molar-refractivity contribution in [2.75, 3.05) is 26.7 Å². The number of halogens is 1. The summed E-state index contributed by atoms with van der Waals surface area (Å²) in [7, 11) is -5.93. The summed E-state index contributed by atoms with van der Waals surface area (Å²) in [6.45, 7) is 3.98. The third-order valence-electron chi connectivity index (χ3n) is 4.02. The molecule has 1 N–H and O–H groups in total. The van der Waals surface area contributed by atoms with Crippen molar-refractivity contribution >= 4 is 31.6 Å². The highest BCUT2D eigenvalue weighted by Gasteiger charge is 2.32. The van der Waals surface area contributed by atoms with E-state index in [0.717, 1.165) is 11.8 Å². The molecule has 1 heterocycles. The van der Waals surface area contributed by atoms with E-state index in [4.69, 9.17) is 16.3 Å². The average Bonchev–Trinajstić information content (AvgIpc) is 2.60. The first-order valence-corrected chi connectivity index (χ1v) is 11.0. The van der Waals surface area contributed by atoms with Crippen LogP contribution in [-0.4, -0.2) is 47.9 Å². The molecule has 0 radical (unpaired) electrons. The zero-order valence-electron chi connectivity index (χ0n) is 13.8. The Morgan fingerprint density at radius 2 is 2.12 bits per heavy atom. The lowest BCUT2D eigenvalue weighted by Crippen LogP contribution is -2.43. The van der Waals surface area contributed by atoms with Gasteiger partial charge < -0.3 is 4.74 Å². The molecule has 0 amide bonds. The van der Waals surface area contributed by atoms with Gasteiger partial charge in [0.2, 0.25) is 20.0 Å². The van der Waals surface area contributed by atoms with E-state index in [1.807, 2.05) is 0 Å². The van der Waals surface area contributed by atoms with Gasteiger partial charge in [0.15, 0.2) is 0 Å². The molecule has 0 saturated carbocycles. The van der Waals surface area contributed by atoms with E-state index in [9.17, 15) is 16.8 Å². The van der Waals surface area contributed by atoms with Gasteiger partial charge in [-0.1, -0.05) is 18.2 Å². The van der Waals surface area contributed by atoms with Crippen LogP contribution in [-0.2, 0) is 20.0 Å². The van der Waals surface area contributed by atoms with Gasteiger partial charge in [-0.2, -0.15) is 4.31 Å². The standard InChI is InChI=1S/C15H21ClN2O5S2/c1-3-24(19,20)17-10-12-5-4-8-18(11-12)25(21,22)15-9-13(16)6-7-14(15)23-2/h3,6-7,9,12,17H,1,4-5,8,10-11H2,2H3/t12-/m1/s1. The van der Waals surface area contributed by atoms with E-state index in [0.29, 0.717) is 18.0 Å². The first kappa shape index (κ1) is 20.2. The maximum absolute atomic E-state index is 13.0. The molecule has 0 spiro atoms. The molecule has 25 heavy (non-hydrogen) atoms. The molecule has 1 atom stereocenters. The Hall–Kier alpha value is -1.13. The molecule has 1 fully saturated rings. The first-order valence-electron chi connectivity index (χ1n) is 7.65. The van der Waals surface area contributed by atoms with Crippen LogP contribution in [0.4, 0.5) is 0 Å². The van der Waals surface area contributed by atoms with Crippen LogP contribution < -0.4 is 9.46 Å². The van der Waals surface area contributed by atoms with Gasteiger partial charge in [0.25, 0.3) is 0 Å². The molecule has 1 aliphatic heterocycles. The Balaban J connectivity index is 2.20. The van der Waals surface area contributed by atoms with Crippen molar-refractivity contribution in [3.63, 3.8) is 0 Å². The molecule has 140 valence electrons. The quantitative estimate of drug-likeness (QED) is 0.742. The van der Waals surface area contributed by atoms with Crippen molar-refractivity contribution in [3.8, 4) is 5.75 Å². The Labute approximate surface area is 153 Å². The highest BCUT2D eigenvalue weighted by atomic mass is 35.5. The van der Waals surface area contributed by atoms with E-state index in [1.54, 1.807) is 6.07 Å². The van der Waals surface area contributed by atoms with Crippen LogP contribution >= 0.6 is 11.6 Å². The smallest absolute Gasteiger partial charge is 0.246 e. The van der Waals surface area contributed by atoms with E-state index in [1.165, 1.54) is 23.5 Å². The molecule has 7 nitrogen and oxygen atoms in total. The summed E-state index contributed by atoms with van der Waals surface area (Å²) in [5, 5.41) is 1.13. The summed E-state index contributed by atoms with van der Waals surface area (Å²) >= 11 is 5.94. The Bertz CT molecular complexity index is 839. The predicted octanol–water partition coefficient (Wildman–Crippen LogP) is 1.81. The zero-order chi connectivity index (χ0) is 18.7. The van der Waals surface area contributed by atoms with Crippen molar-refractivity contribution in [2.24, 2.45) is 5.92 Å². The normalized spacial score (nSPS) is 19.5. The van der Waals surface area contributed by atoms with Crippen LogP contribution in [0.15, 0.2) is 35.1 Å². The Kier molecular flexibility index (Phi) is 6.50. The minimum absolute atomic E-state index is 0.00909. The van der Waals surface area contributed by atoms with Gasteiger partial charge in [0.1, 0.15) is 10.6 Å². The molecule has 0 aromatic heterocycles. The van der Waals surface area contributed by atoms with Crippen LogP contribution in [0.3, 0.4) is 0 Å². The van der Waals surface area contributed by atoms with Gasteiger partial charge in [0, 0.05) is 30.1 Å². The number of piperidine rings is 1. The SMILES string of the molecule is C=CS(=O)(=O)NC[C@H]1CCCN(S(=O)(=O)c2cc(Cl)ccc2OC)C1. The fraction of sp³-hybridized carbons (Fsp3) is 0.467. The summed E-state index contributed by atoms with van der Waals surface area (Å²) in [6.07, 6.45) is 1.38. The van der Waals surface area contributed by atoms with Gasteiger partial charge in [-0.15, -0.1) is 0 Å². The number of methoxy groups -OCH3 is 1. The zero-order valence-corrected chi connectivity index (χ0v) is 16.2. The lowest BCUT2D eigenvalue weighted by molar-refractivity contribution is 0.266. The summed E-state index contributed by atoms with van der Waals surface area (Å²) in [5.74, 6) is 0.0994. The molecule has 1 aromatic rings. The van der Waals surface area contributed by atoms with Gasteiger partial charge >= 0.3 is 0 Å². The van der Waals surface area contributed by atoms with Gasteiger partial charge in [-0.05, 0) is 37.0 Å². The minimum Gasteiger partial charge on any atom is -0.495 e. The topological polar surface area (TPSA) is 92.8 Å². The lowest BCUT2D eigenvalue weighted by Gasteiger charge is -2.32. The first-order chi connectivity index (χ1) is 11.7. The van der Waals surface area contributed by atoms with E-state index < -0.39 is 20.0 Å². The highest BCUT2D eigenvalue weighted by Crippen LogP contribution is 2.31. The molecule has 0 bridgehead atoms. The third-order valence-corrected chi connectivity index (χ3v) is 7.15. The van der Waals surface area contributed by atoms with Crippen LogP contribution in [0.25, 0.3) is 0 Å². The molecular formula is C15H21ClN2O5S2.